The Morgan fingerprint density at radius 3 is 2.38 bits per heavy atom. The molecule has 2 aromatic carbocycles. The predicted molar refractivity (Wildman–Crippen MR) is 101 cm³/mol. The summed E-state index contributed by atoms with van der Waals surface area (Å²) in [5, 5.41) is 6.39. The highest BCUT2D eigenvalue weighted by Crippen LogP contribution is 2.29. The van der Waals surface area contributed by atoms with E-state index in [4.69, 9.17) is 0 Å². The van der Waals surface area contributed by atoms with Crippen molar-refractivity contribution in [3.8, 4) is 0 Å². The van der Waals surface area contributed by atoms with Crippen LogP contribution in [0.4, 0.5) is 5.69 Å². The number of hydrogen-bond acceptors (Lipinski definition) is 2. The minimum atomic E-state index is 0.00690. The molecular formula is C21H28N2O. The normalized spacial score (nSPS) is 11.3. The highest BCUT2D eigenvalue weighted by atomic mass is 16.1. The van der Waals surface area contributed by atoms with Crippen molar-refractivity contribution in [2.45, 2.75) is 46.1 Å². The van der Waals surface area contributed by atoms with Gasteiger partial charge in [-0.25, -0.2) is 0 Å². The van der Waals surface area contributed by atoms with Crippen LogP contribution in [0.2, 0.25) is 0 Å². The lowest BCUT2D eigenvalue weighted by atomic mass is 9.86. The maximum absolute atomic E-state index is 12.2. The van der Waals surface area contributed by atoms with Gasteiger partial charge in [0.15, 0.2) is 0 Å². The summed E-state index contributed by atoms with van der Waals surface area (Å²) in [6, 6.07) is 16.3. The monoisotopic (exact) mass is 324 g/mol. The quantitative estimate of drug-likeness (QED) is 0.773. The van der Waals surface area contributed by atoms with Crippen molar-refractivity contribution in [1.29, 1.82) is 0 Å². The third-order valence-corrected chi connectivity index (χ3v) is 4.11. The fraction of sp³-hybridized carbons (Fsp3) is 0.381. The first-order chi connectivity index (χ1) is 11.4. The van der Waals surface area contributed by atoms with Gasteiger partial charge in [-0.3, -0.25) is 4.79 Å². The van der Waals surface area contributed by atoms with Gasteiger partial charge in [0.25, 0.3) is 0 Å². The molecule has 128 valence electrons. The van der Waals surface area contributed by atoms with Crippen molar-refractivity contribution in [1.82, 2.24) is 5.32 Å². The number of aryl methyl sites for hydroxylation is 1. The molecule has 0 aromatic heterocycles. The number of anilines is 1. The van der Waals surface area contributed by atoms with Crippen LogP contribution >= 0.6 is 0 Å². The van der Waals surface area contributed by atoms with Gasteiger partial charge in [0.05, 0.1) is 0 Å². The van der Waals surface area contributed by atoms with Crippen LogP contribution < -0.4 is 10.6 Å². The minimum Gasteiger partial charge on any atom is -0.326 e. The van der Waals surface area contributed by atoms with Gasteiger partial charge in [-0.1, -0.05) is 63.2 Å². The molecule has 0 radical (unpaired) electrons. The Kier molecular flexibility index (Phi) is 6.16. The van der Waals surface area contributed by atoms with E-state index in [1.165, 1.54) is 11.1 Å². The third-order valence-electron chi connectivity index (χ3n) is 4.11. The molecule has 2 rings (SSSR count). The molecule has 0 aliphatic heterocycles. The van der Waals surface area contributed by atoms with Gasteiger partial charge in [-0.05, 0) is 35.1 Å². The van der Waals surface area contributed by atoms with Crippen LogP contribution in [0.5, 0.6) is 0 Å². The van der Waals surface area contributed by atoms with Crippen molar-refractivity contribution < 1.29 is 4.79 Å². The lowest BCUT2D eigenvalue weighted by molar-refractivity contribution is -0.116. The lowest BCUT2D eigenvalue weighted by Crippen LogP contribution is -2.23. The summed E-state index contributed by atoms with van der Waals surface area (Å²) in [6.07, 6.45) is 0.463. The fourth-order valence-electron chi connectivity index (χ4n) is 2.69. The molecule has 0 aliphatic rings. The van der Waals surface area contributed by atoms with E-state index in [1.807, 2.05) is 30.3 Å². The average Bonchev–Trinajstić information content (AvgIpc) is 2.52. The van der Waals surface area contributed by atoms with Crippen LogP contribution in [0.1, 0.15) is 43.9 Å². The van der Waals surface area contributed by atoms with Crippen LogP contribution in [0.15, 0.2) is 48.5 Å². The summed E-state index contributed by atoms with van der Waals surface area (Å²) < 4.78 is 0. The molecule has 0 saturated heterocycles. The largest absolute Gasteiger partial charge is 0.326 e. The molecule has 0 saturated carbocycles. The average molecular weight is 324 g/mol. The summed E-state index contributed by atoms with van der Waals surface area (Å²) in [5.41, 5.74) is 4.62. The van der Waals surface area contributed by atoms with Crippen LogP contribution in [0.3, 0.4) is 0 Å². The molecule has 2 N–H and O–H groups in total. The first-order valence-electron chi connectivity index (χ1n) is 8.52. The summed E-state index contributed by atoms with van der Waals surface area (Å²) in [7, 11) is 0. The van der Waals surface area contributed by atoms with Crippen molar-refractivity contribution in [2.24, 2.45) is 0 Å². The zero-order chi connectivity index (χ0) is 17.6. The SMILES string of the molecule is Cc1ccccc1CNCCC(=O)Nc1ccccc1C(C)(C)C. The first-order valence-corrected chi connectivity index (χ1v) is 8.52. The Bertz CT molecular complexity index is 686. The molecule has 0 aliphatic carbocycles. The lowest BCUT2D eigenvalue weighted by Gasteiger charge is -2.23. The molecule has 0 atom stereocenters. The zero-order valence-electron chi connectivity index (χ0n) is 15.1. The fourth-order valence-corrected chi connectivity index (χ4v) is 2.69. The van der Waals surface area contributed by atoms with Crippen molar-refractivity contribution in [3.63, 3.8) is 0 Å². The molecule has 0 heterocycles. The molecular weight excluding hydrogens is 296 g/mol. The van der Waals surface area contributed by atoms with Crippen LogP contribution in [0, 0.1) is 6.92 Å². The minimum absolute atomic E-state index is 0.00690. The van der Waals surface area contributed by atoms with Gasteiger partial charge >= 0.3 is 0 Å². The Hall–Kier alpha value is -2.13. The standard InChI is InChI=1S/C21H28N2O/c1-16-9-5-6-10-17(16)15-22-14-13-20(24)23-19-12-8-7-11-18(19)21(2,3)4/h5-12,22H,13-15H2,1-4H3,(H,23,24). The van der Waals surface area contributed by atoms with Crippen LogP contribution in [-0.4, -0.2) is 12.5 Å². The highest BCUT2D eigenvalue weighted by molar-refractivity contribution is 5.91. The molecule has 0 fully saturated rings. The van der Waals surface area contributed by atoms with E-state index in [9.17, 15) is 4.79 Å². The molecule has 3 nitrogen and oxygen atoms in total. The number of carbonyl (C=O) groups excluding carboxylic acids is 1. The zero-order valence-corrected chi connectivity index (χ0v) is 15.1. The number of rotatable bonds is 6. The summed E-state index contributed by atoms with van der Waals surface area (Å²) in [6.45, 7) is 10.0. The maximum Gasteiger partial charge on any atom is 0.225 e. The Morgan fingerprint density at radius 1 is 1.00 bits per heavy atom. The number of carbonyl (C=O) groups is 1. The molecule has 1 amide bonds. The number of hydrogen-bond donors (Lipinski definition) is 2. The third kappa shape index (κ3) is 5.20. The van der Waals surface area contributed by atoms with Crippen molar-refractivity contribution in [3.05, 3.63) is 65.2 Å². The van der Waals surface area contributed by atoms with Gasteiger partial charge in [-0.2, -0.15) is 0 Å². The number of para-hydroxylation sites is 1. The Labute approximate surface area is 145 Å². The van der Waals surface area contributed by atoms with Gasteiger partial charge in [0.1, 0.15) is 0 Å². The van der Waals surface area contributed by atoms with Gasteiger partial charge < -0.3 is 10.6 Å². The van der Waals surface area contributed by atoms with Gasteiger partial charge in [0.2, 0.25) is 5.91 Å². The molecule has 3 heteroatoms. The smallest absolute Gasteiger partial charge is 0.225 e. The van der Waals surface area contributed by atoms with Gasteiger partial charge in [0, 0.05) is 25.2 Å². The second-order valence-corrected chi connectivity index (χ2v) is 7.20. The molecule has 0 bridgehead atoms. The molecule has 0 unspecified atom stereocenters. The van der Waals surface area contributed by atoms with E-state index >= 15 is 0 Å². The van der Waals surface area contributed by atoms with E-state index in [0.717, 1.165) is 17.8 Å². The number of amides is 1. The highest BCUT2D eigenvalue weighted by Gasteiger charge is 2.18. The van der Waals surface area contributed by atoms with E-state index in [1.54, 1.807) is 0 Å². The van der Waals surface area contributed by atoms with E-state index in [-0.39, 0.29) is 11.3 Å². The molecule has 24 heavy (non-hydrogen) atoms. The van der Waals surface area contributed by atoms with Crippen LogP contribution in [0.25, 0.3) is 0 Å². The maximum atomic E-state index is 12.2. The predicted octanol–water partition coefficient (Wildman–Crippen LogP) is 4.41. The van der Waals surface area contributed by atoms with Crippen LogP contribution in [-0.2, 0) is 16.8 Å². The first kappa shape index (κ1) is 18.2. The van der Waals surface area contributed by atoms with E-state index < -0.39 is 0 Å². The summed E-state index contributed by atoms with van der Waals surface area (Å²) in [4.78, 5) is 12.2. The Morgan fingerprint density at radius 2 is 1.67 bits per heavy atom. The second-order valence-electron chi connectivity index (χ2n) is 7.20. The van der Waals surface area contributed by atoms with E-state index in [2.05, 4.69) is 56.5 Å². The number of nitrogens with one attached hydrogen (secondary N) is 2. The Balaban J connectivity index is 1.83. The number of benzene rings is 2. The van der Waals surface area contributed by atoms with Crippen molar-refractivity contribution in [2.75, 3.05) is 11.9 Å². The summed E-state index contributed by atoms with van der Waals surface area (Å²) >= 11 is 0. The second kappa shape index (κ2) is 8.11. The van der Waals surface area contributed by atoms with Gasteiger partial charge in [-0.15, -0.1) is 0 Å². The molecule has 2 aromatic rings. The molecule has 0 spiro atoms. The van der Waals surface area contributed by atoms with Crippen molar-refractivity contribution >= 4 is 11.6 Å². The summed E-state index contributed by atoms with van der Waals surface area (Å²) in [5.74, 6) is 0.0454. The topological polar surface area (TPSA) is 41.1 Å². The van der Waals surface area contributed by atoms with E-state index in [0.29, 0.717) is 13.0 Å².